The molecule has 2 N–H and O–H groups in total. The molecule has 0 aliphatic heterocycles. The van der Waals surface area contributed by atoms with Crippen molar-refractivity contribution in [3.05, 3.63) is 12.2 Å². The molecular weight excluding hydrogens is 336 g/mol. The maximum Gasteiger partial charge on any atom is 0.308 e. The van der Waals surface area contributed by atoms with Gasteiger partial charge in [0, 0.05) is 6.42 Å². The molecule has 0 fully saturated rings. The van der Waals surface area contributed by atoms with Crippen molar-refractivity contribution in [1.29, 1.82) is 0 Å². The Morgan fingerprint density at radius 1 is 0.808 bits per heavy atom. The minimum Gasteiger partial charge on any atom is -0.469 e. The second-order valence-electron chi connectivity index (χ2n) is 6.61. The van der Waals surface area contributed by atoms with Gasteiger partial charge in [0.05, 0.1) is 32.8 Å². The summed E-state index contributed by atoms with van der Waals surface area (Å²) in [6.07, 6.45) is 12.3. The Morgan fingerprint density at radius 3 is 2.08 bits per heavy atom. The van der Waals surface area contributed by atoms with Crippen LogP contribution in [0.1, 0.15) is 77.0 Å². The van der Waals surface area contributed by atoms with Gasteiger partial charge in [0.2, 0.25) is 0 Å². The van der Waals surface area contributed by atoms with E-state index in [-0.39, 0.29) is 24.5 Å². The second kappa shape index (κ2) is 17.0. The van der Waals surface area contributed by atoms with Gasteiger partial charge in [-0.1, -0.05) is 37.8 Å². The van der Waals surface area contributed by atoms with E-state index in [4.69, 9.17) is 0 Å². The largest absolute Gasteiger partial charge is 0.469 e. The van der Waals surface area contributed by atoms with E-state index in [1.54, 1.807) is 0 Å². The number of ether oxygens (including phenoxy) is 2. The zero-order chi connectivity index (χ0) is 19.6. The van der Waals surface area contributed by atoms with Crippen LogP contribution in [0.3, 0.4) is 0 Å². The highest BCUT2D eigenvalue weighted by atomic mass is 16.5. The highest BCUT2D eigenvalue weighted by molar-refractivity contribution is 5.69. The van der Waals surface area contributed by atoms with E-state index < -0.39 is 6.10 Å². The highest BCUT2D eigenvalue weighted by Gasteiger charge is 2.10. The van der Waals surface area contributed by atoms with Crippen molar-refractivity contribution >= 4 is 11.9 Å². The molecule has 0 saturated heterocycles. The molecule has 0 spiro atoms. The molecule has 2 unspecified atom stereocenters. The highest BCUT2D eigenvalue weighted by Crippen LogP contribution is 2.11. The Morgan fingerprint density at radius 2 is 1.42 bits per heavy atom. The maximum atomic E-state index is 11.0. The first-order valence-corrected chi connectivity index (χ1v) is 9.64. The van der Waals surface area contributed by atoms with Gasteiger partial charge in [-0.2, -0.15) is 0 Å². The standard InChI is InChI=1S/C20H36O6/c1-25-19(23)15-11-7-10-13-17(21)12-8-5-3-4-6-9-14-18(22)16-20(24)26-2/h5,8,17-18,21-22H,3-4,6-7,9-16H2,1-2H3/b8-5-. The van der Waals surface area contributed by atoms with Crippen molar-refractivity contribution in [3.8, 4) is 0 Å². The van der Waals surface area contributed by atoms with Gasteiger partial charge in [-0.05, 0) is 38.5 Å². The summed E-state index contributed by atoms with van der Waals surface area (Å²) < 4.78 is 9.10. The van der Waals surface area contributed by atoms with Gasteiger partial charge >= 0.3 is 11.9 Å². The number of methoxy groups -OCH3 is 2. The molecule has 0 radical (unpaired) electrons. The number of aliphatic hydroxyl groups excluding tert-OH is 2. The third-order valence-corrected chi connectivity index (χ3v) is 4.26. The molecule has 0 aromatic heterocycles. The molecule has 0 aliphatic rings. The van der Waals surface area contributed by atoms with Crippen molar-refractivity contribution in [1.82, 2.24) is 0 Å². The third kappa shape index (κ3) is 16.1. The van der Waals surface area contributed by atoms with Crippen molar-refractivity contribution < 1.29 is 29.3 Å². The average molecular weight is 373 g/mol. The predicted molar refractivity (Wildman–Crippen MR) is 101 cm³/mol. The summed E-state index contributed by atoms with van der Waals surface area (Å²) in [6.45, 7) is 0. The lowest BCUT2D eigenvalue weighted by Gasteiger charge is -2.08. The molecular formula is C20H36O6. The molecule has 0 saturated carbocycles. The fourth-order valence-corrected chi connectivity index (χ4v) is 2.61. The maximum absolute atomic E-state index is 11.0. The van der Waals surface area contributed by atoms with Crippen LogP contribution in [0.25, 0.3) is 0 Å². The van der Waals surface area contributed by atoms with E-state index in [9.17, 15) is 19.8 Å². The first-order valence-electron chi connectivity index (χ1n) is 9.64. The number of rotatable bonds is 16. The summed E-state index contributed by atoms with van der Waals surface area (Å²) in [6, 6.07) is 0. The van der Waals surface area contributed by atoms with Crippen LogP contribution >= 0.6 is 0 Å². The Balaban J connectivity index is 3.46. The molecule has 0 rings (SSSR count). The molecule has 6 nitrogen and oxygen atoms in total. The van der Waals surface area contributed by atoms with Gasteiger partial charge in [0.1, 0.15) is 0 Å². The van der Waals surface area contributed by atoms with Gasteiger partial charge in [-0.15, -0.1) is 0 Å². The van der Waals surface area contributed by atoms with E-state index >= 15 is 0 Å². The lowest BCUT2D eigenvalue weighted by atomic mass is 10.1. The van der Waals surface area contributed by atoms with Crippen molar-refractivity contribution in [2.24, 2.45) is 0 Å². The third-order valence-electron chi connectivity index (χ3n) is 4.26. The van der Waals surface area contributed by atoms with Crippen LogP contribution in [0.15, 0.2) is 12.2 Å². The number of carbonyl (C=O) groups is 2. The quantitative estimate of drug-likeness (QED) is 0.245. The first-order chi connectivity index (χ1) is 12.5. The second-order valence-corrected chi connectivity index (χ2v) is 6.61. The molecule has 26 heavy (non-hydrogen) atoms. The number of esters is 2. The summed E-state index contributed by atoms with van der Waals surface area (Å²) in [7, 11) is 2.72. The Labute approximate surface area is 157 Å². The minimum absolute atomic E-state index is 0.0664. The molecule has 0 aromatic carbocycles. The number of carbonyl (C=O) groups excluding carboxylic acids is 2. The first kappa shape index (κ1) is 24.6. The lowest BCUT2D eigenvalue weighted by Crippen LogP contribution is -2.14. The molecule has 0 amide bonds. The monoisotopic (exact) mass is 372 g/mol. The number of unbranched alkanes of at least 4 members (excludes halogenated alkanes) is 5. The summed E-state index contributed by atoms with van der Waals surface area (Å²) in [4.78, 5) is 21.9. The Kier molecular flexibility index (Phi) is 16.1. The summed E-state index contributed by atoms with van der Waals surface area (Å²) in [5.74, 6) is -0.547. The number of hydrogen-bond donors (Lipinski definition) is 2. The predicted octanol–water partition coefficient (Wildman–Crippen LogP) is 3.29. The van der Waals surface area contributed by atoms with Crippen molar-refractivity contribution in [2.75, 3.05) is 14.2 Å². The van der Waals surface area contributed by atoms with Crippen molar-refractivity contribution in [3.63, 3.8) is 0 Å². The molecule has 0 bridgehead atoms. The number of hydrogen-bond acceptors (Lipinski definition) is 6. The minimum atomic E-state index is -0.610. The van der Waals surface area contributed by atoms with Gasteiger partial charge < -0.3 is 19.7 Å². The van der Waals surface area contributed by atoms with Crippen LogP contribution < -0.4 is 0 Å². The smallest absolute Gasteiger partial charge is 0.308 e. The van der Waals surface area contributed by atoms with Crippen LogP contribution in [0.2, 0.25) is 0 Å². The average Bonchev–Trinajstić information content (AvgIpc) is 2.63. The zero-order valence-corrected chi connectivity index (χ0v) is 16.3. The van der Waals surface area contributed by atoms with Crippen LogP contribution in [0.5, 0.6) is 0 Å². The van der Waals surface area contributed by atoms with Crippen LogP contribution in [0.4, 0.5) is 0 Å². The molecule has 152 valence electrons. The van der Waals surface area contributed by atoms with Gasteiger partial charge in [-0.25, -0.2) is 0 Å². The number of allylic oxidation sites excluding steroid dienone is 1. The lowest BCUT2D eigenvalue weighted by molar-refractivity contribution is -0.143. The molecule has 6 heteroatoms. The summed E-state index contributed by atoms with van der Waals surface area (Å²) >= 11 is 0. The molecule has 0 aliphatic carbocycles. The van der Waals surface area contributed by atoms with Gasteiger partial charge in [-0.3, -0.25) is 9.59 Å². The van der Waals surface area contributed by atoms with Crippen LogP contribution in [-0.4, -0.2) is 48.6 Å². The SMILES string of the molecule is COC(=O)CCCCCC(O)C/C=C\CCCCCC(O)CC(=O)OC. The van der Waals surface area contributed by atoms with E-state index in [0.717, 1.165) is 51.4 Å². The van der Waals surface area contributed by atoms with Crippen molar-refractivity contribution in [2.45, 2.75) is 89.3 Å². The topological polar surface area (TPSA) is 93.1 Å². The van der Waals surface area contributed by atoms with Gasteiger partial charge in [0.25, 0.3) is 0 Å². The van der Waals surface area contributed by atoms with E-state index in [1.807, 2.05) is 6.08 Å². The Bertz CT molecular complexity index is 394. The molecule has 0 aromatic rings. The van der Waals surface area contributed by atoms with Crippen LogP contribution in [-0.2, 0) is 19.1 Å². The molecule has 0 heterocycles. The summed E-state index contributed by atoms with van der Waals surface area (Å²) in [5.41, 5.74) is 0. The zero-order valence-electron chi connectivity index (χ0n) is 16.3. The van der Waals surface area contributed by atoms with E-state index in [0.29, 0.717) is 19.3 Å². The fourth-order valence-electron chi connectivity index (χ4n) is 2.61. The Hall–Kier alpha value is -1.40. The van der Waals surface area contributed by atoms with Gasteiger partial charge in [0.15, 0.2) is 0 Å². The molecule has 2 atom stereocenters. The van der Waals surface area contributed by atoms with Crippen LogP contribution in [0, 0.1) is 0 Å². The van der Waals surface area contributed by atoms with E-state index in [2.05, 4.69) is 15.5 Å². The fraction of sp³-hybridized carbons (Fsp3) is 0.800. The van der Waals surface area contributed by atoms with E-state index in [1.165, 1.54) is 14.2 Å². The normalized spacial score (nSPS) is 13.5. The number of aliphatic hydroxyl groups is 2. The summed E-state index contributed by atoms with van der Waals surface area (Å²) in [5, 5.41) is 19.5.